The largest absolute Gasteiger partial charge is 0.497 e. The maximum absolute atomic E-state index is 8.78. The highest BCUT2D eigenvalue weighted by Crippen LogP contribution is 2.20. The summed E-state index contributed by atoms with van der Waals surface area (Å²) in [5.41, 5.74) is 1.47. The molecule has 0 aliphatic heterocycles. The van der Waals surface area contributed by atoms with E-state index in [2.05, 4.69) is 21.6 Å². The van der Waals surface area contributed by atoms with Gasteiger partial charge >= 0.3 is 0 Å². The molecule has 126 valence electrons. The third-order valence-electron chi connectivity index (χ3n) is 3.32. The van der Waals surface area contributed by atoms with Gasteiger partial charge in [-0.3, -0.25) is 0 Å². The summed E-state index contributed by atoms with van der Waals surface area (Å²) in [5, 5.41) is 21.3. The van der Waals surface area contributed by atoms with Crippen LogP contribution in [0.3, 0.4) is 0 Å². The normalized spacial score (nSPS) is 10.2. The molecule has 0 N–H and O–H groups in total. The first kappa shape index (κ1) is 16.8. The van der Waals surface area contributed by atoms with Crippen LogP contribution >= 0.6 is 11.8 Å². The lowest BCUT2D eigenvalue weighted by molar-refractivity contribution is 0.344. The number of nitriles is 1. The summed E-state index contributed by atoms with van der Waals surface area (Å²) < 4.78 is 12.5. The number of aromatic nitrogens is 4. The molecule has 7 nitrogen and oxygen atoms in total. The zero-order valence-electron chi connectivity index (χ0n) is 13.5. The number of thioether (sulfide) groups is 1. The van der Waals surface area contributed by atoms with E-state index in [-0.39, 0.29) is 0 Å². The Balaban J connectivity index is 1.55. The van der Waals surface area contributed by atoms with Gasteiger partial charge in [-0.15, -0.1) is 5.10 Å². The molecule has 2 aromatic carbocycles. The summed E-state index contributed by atoms with van der Waals surface area (Å²) >= 11 is 1.50. The molecule has 0 bridgehead atoms. The molecule has 0 spiro atoms. The van der Waals surface area contributed by atoms with Crippen molar-refractivity contribution in [1.29, 1.82) is 5.26 Å². The summed E-state index contributed by atoms with van der Waals surface area (Å²) in [4.78, 5) is 0. The Hall–Kier alpha value is -3.05. The van der Waals surface area contributed by atoms with Crippen LogP contribution in [0.4, 0.5) is 0 Å². The van der Waals surface area contributed by atoms with E-state index in [9.17, 15) is 0 Å². The van der Waals surface area contributed by atoms with Crippen molar-refractivity contribution in [3.05, 3.63) is 54.1 Å². The van der Waals surface area contributed by atoms with Crippen LogP contribution in [0, 0.1) is 11.3 Å². The van der Waals surface area contributed by atoms with Gasteiger partial charge in [-0.2, -0.15) is 9.94 Å². The Morgan fingerprint density at radius 1 is 1.08 bits per heavy atom. The first-order valence-electron chi connectivity index (χ1n) is 7.49. The SMILES string of the molecule is COc1ccc(-n2nnnc2SCCOc2ccc(C#N)cc2)cc1. The average molecular weight is 353 g/mol. The van der Waals surface area contributed by atoms with Crippen molar-refractivity contribution in [1.82, 2.24) is 20.2 Å². The fraction of sp³-hybridized carbons (Fsp3) is 0.176. The van der Waals surface area contributed by atoms with Gasteiger partial charge in [0.05, 0.1) is 31.0 Å². The molecule has 0 fully saturated rings. The molecule has 0 aliphatic carbocycles. The van der Waals surface area contributed by atoms with Crippen molar-refractivity contribution >= 4 is 11.8 Å². The van der Waals surface area contributed by atoms with E-state index in [0.717, 1.165) is 17.2 Å². The third-order valence-corrected chi connectivity index (χ3v) is 4.21. The molecule has 0 amide bonds. The van der Waals surface area contributed by atoms with Gasteiger partial charge in [-0.25, -0.2) is 0 Å². The molecule has 3 rings (SSSR count). The van der Waals surface area contributed by atoms with Gasteiger partial charge in [0.15, 0.2) is 0 Å². The maximum Gasteiger partial charge on any atom is 0.214 e. The number of benzene rings is 2. The summed E-state index contributed by atoms with van der Waals surface area (Å²) in [7, 11) is 1.63. The molecule has 0 saturated heterocycles. The molecule has 0 saturated carbocycles. The van der Waals surface area contributed by atoms with Gasteiger partial charge in [0, 0.05) is 5.75 Å². The standard InChI is InChI=1S/C17H15N5O2S/c1-23-15-8-4-14(5-9-15)22-17(19-20-21-22)25-11-10-24-16-6-2-13(12-18)3-7-16/h2-9H,10-11H2,1H3. The van der Waals surface area contributed by atoms with Crippen LogP contribution in [0.2, 0.25) is 0 Å². The number of tetrazole rings is 1. The molecule has 0 aliphatic rings. The minimum absolute atomic E-state index is 0.506. The Kier molecular flexibility index (Phi) is 5.49. The number of hydrogen-bond donors (Lipinski definition) is 0. The quantitative estimate of drug-likeness (QED) is 0.477. The number of rotatable bonds is 7. The van der Waals surface area contributed by atoms with E-state index in [1.807, 2.05) is 24.3 Å². The molecule has 0 radical (unpaired) electrons. The number of methoxy groups -OCH3 is 1. The lowest BCUT2D eigenvalue weighted by Crippen LogP contribution is -2.03. The summed E-state index contributed by atoms with van der Waals surface area (Å²) in [6.07, 6.45) is 0. The molecule has 25 heavy (non-hydrogen) atoms. The predicted molar refractivity (Wildman–Crippen MR) is 93.1 cm³/mol. The van der Waals surface area contributed by atoms with E-state index in [1.54, 1.807) is 36.1 Å². The van der Waals surface area contributed by atoms with Crippen LogP contribution in [0.1, 0.15) is 5.56 Å². The second kappa shape index (κ2) is 8.17. The highest BCUT2D eigenvalue weighted by atomic mass is 32.2. The third kappa shape index (κ3) is 4.28. The fourth-order valence-corrected chi connectivity index (χ4v) is 2.78. The Bertz CT molecular complexity index is 856. The van der Waals surface area contributed by atoms with Gasteiger partial charge in [-0.1, -0.05) is 11.8 Å². The average Bonchev–Trinajstić information content (AvgIpc) is 3.14. The molecule has 1 heterocycles. The molecule has 0 atom stereocenters. The predicted octanol–water partition coefficient (Wildman–Crippen LogP) is 2.71. The van der Waals surface area contributed by atoms with E-state index in [0.29, 0.717) is 23.1 Å². The summed E-state index contributed by atoms with van der Waals surface area (Å²) in [6, 6.07) is 16.6. The first-order chi connectivity index (χ1) is 12.3. The lowest BCUT2D eigenvalue weighted by atomic mass is 10.2. The van der Waals surface area contributed by atoms with E-state index in [1.165, 1.54) is 11.8 Å². The van der Waals surface area contributed by atoms with Crippen molar-refractivity contribution in [2.45, 2.75) is 5.16 Å². The molecule has 8 heteroatoms. The van der Waals surface area contributed by atoms with Crippen LogP contribution in [0.15, 0.2) is 53.7 Å². The fourth-order valence-electron chi connectivity index (χ4n) is 2.07. The van der Waals surface area contributed by atoms with Gasteiger partial charge in [0.1, 0.15) is 11.5 Å². The van der Waals surface area contributed by atoms with E-state index >= 15 is 0 Å². The molecule has 0 unspecified atom stereocenters. The van der Waals surface area contributed by atoms with Crippen LogP contribution in [0.25, 0.3) is 5.69 Å². The Morgan fingerprint density at radius 2 is 1.80 bits per heavy atom. The lowest BCUT2D eigenvalue weighted by Gasteiger charge is -2.07. The zero-order chi connectivity index (χ0) is 17.5. The Morgan fingerprint density at radius 3 is 2.48 bits per heavy atom. The number of nitrogens with zero attached hydrogens (tertiary/aromatic N) is 5. The smallest absolute Gasteiger partial charge is 0.214 e. The van der Waals surface area contributed by atoms with Gasteiger partial charge in [0.25, 0.3) is 0 Å². The number of ether oxygens (including phenoxy) is 2. The molecule has 1 aromatic heterocycles. The van der Waals surface area contributed by atoms with Crippen LogP contribution in [-0.2, 0) is 0 Å². The highest BCUT2D eigenvalue weighted by molar-refractivity contribution is 7.99. The van der Waals surface area contributed by atoms with E-state index in [4.69, 9.17) is 14.7 Å². The maximum atomic E-state index is 8.78. The zero-order valence-corrected chi connectivity index (χ0v) is 14.3. The van der Waals surface area contributed by atoms with Crippen molar-refractivity contribution < 1.29 is 9.47 Å². The van der Waals surface area contributed by atoms with Gasteiger partial charge in [-0.05, 0) is 59.0 Å². The minimum Gasteiger partial charge on any atom is -0.497 e. The summed E-state index contributed by atoms with van der Waals surface area (Å²) in [5.74, 6) is 2.20. The Labute approximate surface area is 149 Å². The van der Waals surface area contributed by atoms with Crippen molar-refractivity contribution in [3.63, 3.8) is 0 Å². The topological polar surface area (TPSA) is 85.8 Å². The van der Waals surface area contributed by atoms with Crippen molar-refractivity contribution in [2.24, 2.45) is 0 Å². The van der Waals surface area contributed by atoms with Gasteiger partial charge < -0.3 is 9.47 Å². The molecule has 3 aromatic rings. The molecular weight excluding hydrogens is 338 g/mol. The highest BCUT2D eigenvalue weighted by Gasteiger charge is 2.09. The minimum atomic E-state index is 0.506. The van der Waals surface area contributed by atoms with Crippen LogP contribution < -0.4 is 9.47 Å². The van der Waals surface area contributed by atoms with Gasteiger partial charge in [0.2, 0.25) is 5.16 Å². The van der Waals surface area contributed by atoms with Crippen LogP contribution in [0.5, 0.6) is 11.5 Å². The first-order valence-corrected chi connectivity index (χ1v) is 8.47. The number of hydrogen-bond acceptors (Lipinski definition) is 7. The summed E-state index contributed by atoms with van der Waals surface area (Å²) in [6.45, 7) is 0.506. The van der Waals surface area contributed by atoms with Crippen molar-refractivity contribution in [2.75, 3.05) is 19.5 Å². The monoisotopic (exact) mass is 353 g/mol. The molecular formula is C17H15N5O2S. The second-order valence-corrected chi connectivity index (χ2v) is 5.97. The van der Waals surface area contributed by atoms with E-state index < -0.39 is 0 Å². The van der Waals surface area contributed by atoms with Crippen molar-refractivity contribution in [3.8, 4) is 23.3 Å². The van der Waals surface area contributed by atoms with Crippen LogP contribution in [-0.4, -0.2) is 39.7 Å². The second-order valence-electron chi connectivity index (χ2n) is 4.90.